The second kappa shape index (κ2) is 5.30. The number of carboxylic acid groups (broad SMARTS) is 1. The molecule has 0 aliphatic rings. The number of aromatic carboxylic acids is 1. The smallest absolute Gasteiger partial charge is 0.339 e. The number of rotatable bonds is 3. The topological polar surface area (TPSA) is 62.2 Å². The molecule has 1 aromatic heterocycles. The maximum Gasteiger partial charge on any atom is 0.339 e. The van der Waals surface area contributed by atoms with Crippen LogP contribution in [0.3, 0.4) is 0 Å². The molecule has 0 saturated heterocycles. The fourth-order valence-corrected chi connectivity index (χ4v) is 1.91. The van der Waals surface area contributed by atoms with Gasteiger partial charge < -0.3 is 10.4 Å². The number of hydrogen-bond acceptors (Lipinski definition) is 3. The van der Waals surface area contributed by atoms with Crippen LogP contribution in [-0.4, -0.2) is 16.1 Å². The highest BCUT2D eigenvalue weighted by atomic mass is 127. The average molecular weight is 358 g/mol. The van der Waals surface area contributed by atoms with Crippen LogP contribution in [0.2, 0.25) is 0 Å². The molecule has 0 saturated carbocycles. The first-order chi connectivity index (χ1) is 8.58. The SMILES string of the molecule is O=C(O)c1cc(F)cnc1Nc1ccccc1I. The molecule has 6 heteroatoms. The summed E-state index contributed by atoms with van der Waals surface area (Å²) in [5.41, 5.74) is 0.523. The van der Waals surface area contributed by atoms with Crippen LogP contribution in [0.5, 0.6) is 0 Å². The van der Waals surface area contributed by atoms with Gasteiger partial charge in [0.05, 0.1) is 11.9 Å². The molecule has 0 aliphatic heterocycles. The van der Waals surface area contributed by atoms with Crippen LogP contribution >= 0.6 is 22.6 Å². The van der Waals surface area contributed by atoms with Crippen LogP contribution in [0.4, 0.5) is 15.9 Å². The van der Waals surface area contributed by atoms with Gasteiger partial charge in [-0.2, -0.15) is 0 Å². The van der Waals surface area contributed by atoms with Gasteiger partial charge in [0.2, 0.25) is 0 Å². The number of anilines is 2. The number of carbonyl (C=O) groups is 1. The quantitative estimate of drug-likeness (QED) is 0.827. The molecular weight excluding hydrogens is 350 g/mol. The number of para-hydroxylation sites is 1. The Labute approximate surface area is 116 Å². The zero-order valence-electron chi connectivity index (χ0n) is 9.02. The molecule has 2 rings (SSSR count). The van der Waals surface area contributed by atoms with Crippen molar-refractivity contribution in [2.75, 3.05) is 5.32 Å². The first kappa shape index (κ1) is 12.7. The van der Waals surface area contributed by atoms with E-state index in [4.69, 9.17) is 5.11 Å². The third-order valence-corrected chi connectivity index (χ3v) is 3.15. The number of aromatic nitrogens is 1. The largest absolute Gasteiger partial charge is 0.478 e. The van der Waals surface area contributed by atoms with E-state index in [9.17, 15) is 9.18 Å². The van der Waals surface area contributed by atoms with Crippen LogP contribution < -0.4 is 5.32 Å². The number of nitrogens with zero attached hydrogens (tertiary/aromatic N) is 1. The second-order valence-corrected chi connectivity index (χ2v) is 4.62. The zero-order chi connectivity index (χ0) is 13.1. The van der Waals surface area contributed by atoms with Crippen molar-refractivity contribution in [3.63, 3.8) is 0 Å². The molecule has 0 amide bonds. The van der Waals surface area contributed by atoms with Crippen molar-refractivity contribution in [3.05, 3.63) is 51.5 Å². The fraction of sp³-hybridized carbons (Fsp3) is 0. The Kier molecular flexibility index (Phi) is 3.75. The summed E-state index contributed by atoms with van der Waals surface area (Å²) in [6.45, 7) is 0. The van der Waals surface area contributed by atoms with Gasteiger partial charge in [-0.1, -0.05) is 12.1 Å². The summed E-state index contributed by atoms with van der Waals surface area (Å²) in [4.78, 5) is 14.8. The predicted molar refractivity (Wildman–Crippen MR) is 73.6 cm³/mol. The summed E-state index contributed by atoms with van der Waals surface area (Å²) < 4.78 is 13.9. The van der Waals surface area contributed by atoms with Crippen molar-refractivity contribution >= 4 is 40.1 Å². The van der Waals surface area contributed by atoms with E-state index < -0.39 is 11.8 Å². The highest BCUT2D eigenvalue weighted by molar-refractivity contribution is 14.1. The van der Waals surface area contributed by atoms with Crippen LogP contribution in [0.15, 0.2) is 36.5 Å². The third-order valence-electron chi connectivity index (χ3n) is 2.21. The van der Waals surface area contributed by atoms with Gasteiger partial charge in [-0.3, -0.25) is 0 Å². The first-order valence-electron chi connectivity index (χ1n) is 4.98. The van der Waals surface area contributed by atoms with Crippen molar-refractivity contribution in [1.29, 1.82) is 0 Å². The molecule has 0 unspecified atom stereocenters. The number of carboxylic acids is 1. The van der Waals surface area contributed by atoms with E-state index in [2.05, 4.69) is 32.9 Å². The third kappa shape index (κ3) is 2.76. The molecule has 0 aliphatic carbocycles. The van der Waals surface area contributed by atoms with Gasteiger partial charge >= 0.3 is 5.97 Å². The molecule has 92 valence electrons. The summed E-state index contributed by atoms with van der Waals surface area (Å²) in [6, 6.07) is 8.27. The van der Waals surface area contributed by atoms with Crippen LogP contribution in [0.25, 0.3) is 0 Å². The Morgan fingerprint density at radius 1 is 1.39 bits per heavy atom. The highest BCUT2D eigenvalue weighted by Crippen LogP contribution is 2.23. The van der Waals surface area contributed by atoms with Gasteiger partial charge in [0.1, 0.15) is 17.2 Å². The Hall–Kier alpha value is -1.70. The summed E-state index contributed by atoms with van der Waals surface area (Å²) in [5, 5.41) is 11.9. The van der Waals surface area contributed by atoms with Gasteiger partial charge in [0, 0.05) is 3.57 Å². The first-order valence-corrected chi connectivity index (χ1v) is 6.06. The van der Waals surface area contributed by atoms with Crippen molar-refractivity contribution in [3.8, 4) is 0 Å². The maximum atomic E-state index is 13.0. The maximum absolute atomic E-state index is 13.0. The Balaban J connectivity index is 2.41. The summed E-state index contributed by atoms with van der Waals surface area (Å²) in [6.07, 6.45) is 0.977. The number of benzene rings is 1. The van der Waals surface area contributed by atoms with E-state index in [1.807, 2.05) is 18.2 Å². The molecule has 0 atom stereocenters. The monoisotopic (exact) mass is 358 g/mol. The van der Waals surface area contributed by atoms with E-state index in [1.54, 1.807) is 6.07 Å². The predicted octanol–water partition coefficient (Wildman–Crippen LogP) is 3.27. The van der Waals surface area contributed by atoms with E-state index in [1.165, 1.54) is 0 Å². The summed E-state index contributed by atoms with van der Waals surface area (Å²) in [5.74, 6) is -1.79. The van der Waals surface area contributed by atoms with Crippen LogP contribution in [-0.2, 0) is 0 Å². The van der Waals surface area contributed by atoms with Crippen molar-refractivity contribution in [2.45, 2.75) is 0 Å². The lowest BCUT2D eigenvalue weighted by atomic mass is 10.2. The van der Waals surface area contributed by atoms with Gasteiger partial charge in [0.15, 0.2) is 0 Å². The van der Waals surface area contributed by atoms with Gasteiger partial charge in [0.25, 0.3) is 0 Å². The Morgan fingerprint density at radius 3 is 2.78 bits per heavy atom. The summed E-state index contributed by atoms with van der Waals surface area (Å²) in [7, 11) is 0. The van der Waals surface area contributed by atoms with Crippen LogP contribution in [0, 0.1) is 9.39 Å². The zero-order valence-corrected chi connectivity index (χ0v) is 11.2. The van der Waals surface area contributed by atoms with E-state index in [-0.39, 0.29) is 11.4 Å². The second-order valence-electron chi connectivity index (χ2n) is 3.46. The molecule has 1 heterocycles. The molecule has 18 heavy (non-hydrogen) atoms. The number of nitrogens with one attached hydrogen (secondary N) is 1. The minimum atomic E-state index is -1.23. The van der Waals surface area contributed by atoms with Gasteiger partial charge in [-0.05, 0) is 40.8 Å². The number of halogens is 2. The lowest BCUT2D eigenvalue weighted by Gasteiger charge is -2.09. The molecular formula is C12H8FIN2O2. The average Bonchev–Trinajstić information content (AvgIpc) is 2.34. The normalized spacial score (nSPS) is 10.1. The standard InChI is InChI=1S/C12H8FIN2O2/c13-7-5-8(12(17)18)11(15-6-7)16-10-4-2-1-3-9(10)14/h1-6H,(H,15,16)(H,17,18). The molecule has 0 bridgehead atoms. The lowest BCUT2D eigenvalue weighted by Crippen LogP contribution is -2.06. The molecule has 0 spiro atoms. The minimum absolute atomic E-state index is 0.119. The van der Waals surface area contributed by atoms with Crippen molar-refractivity contribution in [1.82, 2.24) is 4.98 Å². The number of hydrogen-bond donors (Lipinski definition) is 2. The molecule has 0 fully saturated rings. The van der Waals surface area contributed by atoms with Gasteiger partial charge in [-0.15, -0.1) is 0 Å². The highest BCUT2D eigenvalue weighted by Gasteiger charge is 2.13. The van der Waals surface area contributed by atoms with Crippen molar-refractivity contribution < 1.29 is 14.3 Å². The molecule has 2 N–H and O–H groups in total. The lowest BCUT2D eigenvalue weighted by molar-refractivity contribution is 0.0697. The molecule has 1 aromatic carbocycles. The van der Waals surface area contributed by atoms with Gasteiger partial charge in [-0.25, -0.2) is 14.2 Å². The van der Waals surface area contributed by atoms with E-state index in [0.29, 0.717) is 0 Å². The van der Waals surface area contributed by atoms with Crippen LogP contribution in [0.1, 0.15) is 10.4 Å². The van der Waals surface area contributed by atoms with Crippen molar-refractivity contribution in [2.24, 2.45) is 0 Å². The fourth-order valence-electron chi connectivity index (χ4n) is 1.39. The molecule has 4 nitrogen and oxygen atoms in total. The van der Waals surface area contributed by atoms with E-state index in [0.717, 1.165) is 21.5 Å². The number of pyridine rings is 1. The Bertz CT molecular complexity index is 604. The molecule has 0 radical (unpaired) electrons. The Morgan fingerprint density at radius 2 is 2.11 bits per heavy atom. The van der Waals surface area contributed by atoms with E-state index >= 15 is 0 Å². The minimum Gasteiger partial charge on any atom is -0.478 e. The summed E-state index contributed by atoms with van der Waals surface area (Å²) >= 11 is 2.11. The molecule has 2 aromatic rings.